The lowest BCUT2D eigenvalue weighted by Crippen LogP contribution is -2.33. The van der Waals surface area contributed by atoms with E-state index in [-0.39, 0.29) is 22.5 Å². The number of halogens is 6. The minimum atomic E-state index is -1.10. The summed E-state index contributed by atoms with van der Waals surface area (Å²) in [6.45, 7) is 13.1. The van der Waals surface area contributed by atoms with Crippen molar-refractivity contribution in [2.75, 3.05) is 0 Å². The third-order valence-electron chi connectivity index (χ3n) is 5.51. The van der Waals surface area contributed by atoms with Gasteiger partial charge in [-0.3, -0.25) is 28.8 Å². The number of hydrogen-bond acceptors (Lipinski definition) is 6. The molecule has 0 aliphatic carbocycles. The molecule has 0 bridgehead atoms. The van der Waals surface area contributed by atoms with Crippen molar-refractivity contribution in [3.05, 3.63) is 71.8 Å². The fourth-order valence-electron chi connectivity index (χ4n) is 1.79. The van der Waals surface area contributed by atoms with Gasteiger partial charge in [0, 0.05) is 0 Å². The van der Waals surface area contributed by atoms with Gasteiger partial charge >= 0.3 is 0 Å². The minimum absolute atomic E-state index is 0.197. The third kappa shape index (κ3) is 27.3. The second-order valence-electron chi connectivity index (χ2n) is 11.2. The highest BCUT2D eigenvalue weighted by Gasteiger charge is 2.30. The first kappa shape index (κ1) is 54.3. The lowest BCUT2D eigenvalue weighted by molar-refractivity contribution is -0.121. The van der Waals surface area contributed by atoms with Crippen LogP contribution in [0.25, 0.3) is 0 Å². The van der Waals surface area contributed by atoms with E-state index in [1.54, 1.807) is 60.6 Å². The highest BCUT2D eigenvalue weighted by Crippen LogP contribution is 2.30. The number of benzene rings is 2. The fourth-order valence-corrected chi connectivity index (χ4v) is 2.18. The van der Waals surface area contributed by atoms with Gasteiger partial charge in [0.2, 0.25) is 35.4 Å². The van der Waals surface area contributed by atoms with Gasteiger partial charge in [0.1, 0.15) is 19.4 Å². The SMILES string of the molecule is CC(Br)(C(N)=O)c1ccccc1.CC(Br)C(N)=O.CC(C)(Br)C(N)=O.CC(C)(Cl)C(N)=O.CC(Cl)(C(N)=O)c1ccccc1.CC(Cl)C(N)=O. The van der Waals surface area contributed by atoms with Crippen LogP contribution in [0.5, 0.6) is 0 Å². The second kappa shape index (κ2) is 25.5. The lowest BCUT2D eigenvalue weighted by atomic mass is 10.00. The van der Waals surface area contributed by atoms with Crippen molar-refractivity contribution < 1.29 is 28.8 Å². The molecule has 0 aromatic heterocycles. The monoisotopic (exact) mass is 954 g/mol. The minimum Gasteiger partial charge on any atom is -0.369 e. The van der Waals surface area contributed by atoms with Crippen molar-refractivity contribution in [3.8, 4) is 0 Å². The van der Waals surface area contributed by atoms with E-state index in [0.29, 0.717) is 0 Å². The Hall–Kier alpha value is -2.43. The number of amides is 6. The topological polar surface area (TPSA) is 259 Å². The summed E-state index contributed by atoms with van der Waals surface area (Å²) in [5.74, 6) is -2.54. The van der Waals surface area contributed by atoms with Gasteiger partial charge in [0.15, 0.2) is 0 Å². The average molecular weight is 959 g/mol. The Labute approximate surface area is 334 Å². The molecule has 4 atom stereocenters. The molecule has 0 aliphatic rings. The van der Waals surface area contributed by atoms with Crippen molar-refractivity contribution in [3.63, 3.8) is 0 Å². The van der Waals surface area contributed by atoms with Gasteiger partial charge in [-0.25, -0.2) is 0 Å². The first-order valence-corrected chi connectivity index (χ1v) is 17.9. The molecule has 0 fully saturated rings. The molecule has 18 heteroatoms. The average Bonchev–Trinajstić information content (AvgIpc) is 2.98. The largest absolute Gasteiger partial charge is 0.369 e. The molecule has 0 radical (unpaired) electrons. The molecule has 6 amide bonds. The number of nitrogens with two attached hydrogens (primary N) is 6. The Morgan fingerprint density at radius 2 is 0.840 bits per heavy atom. The Bertz CT molecular complexity index is 1250. The number of hydrogen-bond donors (Lipinski definition) is 6. The van der Waals surface area contributed by atoms with Crippen LogP contribution in [-0.2, 0) is 38.0 Å². The van der Waals surface area contributed by atoms with Crippen molar-refractivity contribution in [2.45, 2.75) is 84.0 Å². The van der Waals surface area contributed by atoms with Crippen LogP contribution in [0.2, 0.25) is 0 Å². The molecule has 2 aromatic carbocycles. The molecule has 0 saturated heterocycles. The van der Waals surface area contributed by atoms with E-state index >= 15 is 0 Å². The number of primary amides is 6. The van der Waals surface area contributed by atoms with Gasteiger partial charge in [0.05, 0.1) is 9.15 Å². The van der Waals surface area contributed by atoms with Gasteiger partial charge in [-0.2, -0.15) is 0 Å². The zero-order chi connectivity index (χ0) is 40.8. The van der Waals surface area contributed by atoms with Crippen LogP contribution in [0.1, 0.15) is 66.5 Å². The van der Waals surface area contributed by atoms with Crippen molar-refractivity contribution in [1.29, 1.82) is 0 Å². The summed E-state index contributed by atoms with van der Waals surface area (Å²) in [6.07, 6.45) is 0. The van der Waals surface area contributed by atoms with Crippen LogP contribution >= 0.6 is 82.6 Å². The maximum Gasteiger partial charge on any atom is 0.242 e. The van der Waals surface area contributed by atoms with Crippen LogP contribution in [0, 0.1) is 0 Å². The highest BCUT2D eigenvalue weighted by atomic mass is 79.9. The molecule has 2 rings (SSSR count). The smallest absolute Gasteiger partial charge is 0.242 e. The normalized spacial score (nSPS) is 13.7. The van der Waals surface area contributed by atoms with Gasteiger partial charge in [-0.1, -0.05) is 108 Å². The van der Waals surface area contributed by atoms with E-state index in [9.17, 15) is 28.8 Å². The molecule has 4 unspecified atom stereocenters. The van der Waals surface area contributed by atoms with Gasteiger partial charge in [-0.15, -0.1) is 34.8 Å². The molecule has 2 aromatic rings. The quantitative estimate of drug-likeness (QED) is 0.201. The first-order valence-electron chi connectivity index (χ1n) is 14.2. The van der Waals surface area contributed by atoms with Gasteiger partial charge in [0.25, 0.3) is 0 Å². The number of alkyl halides is 6. The molecule has 12 nitrogen and oxygen atoms in total. The van der Waals surface area contributed by atoms with Crippen LogP contribution in [-0.4, -0.2) is 54.8 Å². The maximum atomic E-state index is 11.0. The van der Waals surface area contributed by atoms with E-state index in [1.165, 1.54) is 6.92 Å². The molecule has 0 aliphatic heterocycles. The zero-order valence-corrected chi connectivity index (χ0v) is 36.1. The summed E-state index contributed by atoms with van der Waals surface area (Å²) < 4.78 is -1.30. The molecule has 284 valence electrons. The number of carbonyl (C=O) groups excluding carboxylic acids is 6. The molecule has 50 heavy (non-hydrogen) atoms. The fraction of sp³-hybridized carbons (Fsp3) is 0.438. The molecule has 0 spiro atoms. The highest BCUT2D eigenvalue weighted by molar-refractivity contribution is 9.10. The lowest BCUT2D eigenvalue weighted by Gasteiger charge is -2.18. The standard InChI is InChI=1S/C9H10BrNO.C9H10ClNO.C4H8BrNO.C4H8ClNO.C3H6BrNO.C3H6ClNO/c2*1-9(10,8(11)12)7-5-3-2-4-6-7;2*1-4(2,5)3(6)7;2*1-2(4)3(5)6/h2*2-6H,1H3,(H2,11,12);2*1-2H3,(H2,6,7);2*2H,1H3,(H2,5,6). The summed E-state index contributed by atoms with van der Waals surface area (Å²) in [5.41, 5.74) is 31.0. The van der Waals surface area contributed by atoms with E-state index in [1.807, 2.05) is 48.5 Å². The molecular weight excluding hydrogens is 910 g/mol. The van der Waals surface area contributed by atoms with E-state index in [4.69, 9.17) is 63.5 Å². The summed E-state index contributed by atoms with van der Waals surface area (Å²) in [5, 5.41) is -0.537. The Kier molecular flexibility index (Phi) is 27.7. The Morgan fingerprint density at radius 3 is 1.00 bits per heavy atom. The van der Waals surface area contributed by atoms with E-state index < -0.39 is 41.5 Å². The Morgan fingerprint density at radius 1 is 0.580 bits per heavy atom. The number of carbonyl (C=O) groups is 6. The maximum absolute atomic E-state index is 11.0. The zero-order valence-electron chi connectivity index (χ0n) is 29.1. The summed E-state index contributed by atoms with van der Waals surface area (Å²) >= 11 is 25.8. The summed E-state index contributed by atoms with van der Waals surface area (Å²) in [7, 11) is 0. The third-order valence-corrected chi connectivity index (χ3v) is 8.01. The van der Waals surface area contributed by atoms with E-state index in [2.05, 4.69) is 53.5 Å². The summed E-state index contributed by atoms with van der Waals surface area (Å²) in [4.78, 5) is 59.7. The van der Waals surface area contributed by atoms with Crippen LogP contribution < -0.4 is 34.4 Å². The van der Waals surface area contributed by atoms with Crippen molar-refractivity contribution in [2.24, 2.45) is 34.4 Å². The summed E-state index contributed by atoms with van der Waals surface area (Å²) in [6, 6.07) is 18.4. The van der Waals surface area contributed by atoms with Gasteiger partial charge < -0.3 is 34.4 Å². The molecular formula is C32H48Br3Cl3N6O6. The number of rotatable bonds is 8. The predicted molar refractivity (Wildman–Crippen MR) is 214 cm³/mol. The van der Waals surface area contributed by atoms with Crippen LogP contribution in [0.3, 0.4) is 0 Å². The van der Waals surface area contributed by atoms with Crippen molar-refractivity contribution in [1.82, 2.24) is 0 Å². The van der Waals surface area contributed by atoms with Crippen LogP contribution in [0.4, 0.5) is 0 Å². The second-order valence-corrected chi connectivity index (χ2v) is 18.5. The van der Waals surface area contributed by atoms with E-state index in [0.717, 1.165) is 11.1 Å². The Balaban J connectivity index is -0.000000262. The van der Waals surface area contributed by atoms with Crippen molar-refractivity contribution >= 4 is 118 Å². The van der Waals surface area contributed by atoms with Gasteiger partial charge in [-0.05, 0) is 66.5 Å². The molecule has 0 heterocycles. The molecule has 0 saturated carbocycles. The molecule has 12 N–H and O–H groups in total. The predicted octanol–water partition coefficient (Wildman–Crippen LogP) is 4.90. The first-order chi connectivity index (χ1) is 22.3. The van der Waals surface area contributed by atoms with Crippen LogP contribution in [0.15, 0.2) is 60.7 Å².